The number of nitrogens with two attached hydrogens (primary N) is 1. The Bertz CT molecular complexity index is 233. The van der Waals surface area contributed by atoms with E-state index in [9.17, 15) is 8.42 Å². The topological polar surface area (TPSA) is 72.6 Å². The molecule has 1 saturated heterocycles. The molecule has 0 aromatic carbocycles. The SMILES string of the molecule is CCN(C1CCOC1)S(N)(=O)=O. The van der Waals surface area contributed by atoms with Gasteiger partial charge in [0, 0.05) is 13.2 Å². The van der Waals surface area contributed by atoms with Gasteiger partial charge in [-0.1, -0.05) is 6.92 Å². The molecule has 12 heavy (non-hydrogen) atoms. The Morgan fingerprint density at radius 3 is 2.67 bits per heavy atom. The molecule has 0 saturated carbocycles. The zero-order valence-electron chi connectivity index (χ0n) is 7.06. The van der Waals surface area contributed by atoms with E-state index in [2.05, 4.69) is 0 Å². The molecule has 72 valence electrons. The van der Waals surface area contributed by atoms with Crippen molar-refractivity contribution in [3.8, 4) is 0 Å². The van der Waals surface area contributed by atoms with Gasteiger partial charge in [0.25, 0.3) is 10.2 Å². The van der Waals surface area contributed by atoms with Crippen LogP contribution in [0.5, 0.6) is 0 Å². The highest BCUT2D eigenvalue weighted by molar-refractivity contribution is 7.86. The molecule has 2 N–H and O–H groups in total. The lowest BCUT2D eigenvalue weighted by atomic mass is 10.3. The van der Waals surface area contributed by atoms with E-state index < -0.39 is 10.2 Å². The van der Waals surface area contributed by atoms with Gasteiger partial charge in [0.05, 0.1) is 12.6 Å². The van der Waals surface area contributed by atoms with E-state index in [0.29, 0.717) is 19.8 Å². The smallest absolute Gasteiger partial charge is 0.277 e. The summed E-state index contributed by atoms with van der Waals surface area (Å²) in [5.41, 5.74) is 0. The van der Waals surface area contributed by atoms with E-state index in [1.54, 1.807) is 6.92 Å². The van der Waals surface area contributed by atoms with Gasteiger partial charge >= 0.3 is 0 Å². The summed E-state index contributed by atoms with van der Waals surface area (Å²) in [7, 11) is -3.55. The van der Waals surface area contributed by atoms with Crippen molar-refractivity contribution in [1.82, 2.24) is 4.31 Å². The number of hydrogen-bond donors (Lipinski definition) is 1. The minimum absolute atomic E-state index is 0.0648. The highest BCUT2D eigenvalue weighted by Crippen LogP contribution is 2.13. The largest absolute Gasteiger partial charge is 0.380 e. The minimum Gasteiger partial charge on any atom is -0.380 e. The molecule has 0 aromatic heterocycles. The van der Waals surface area contributed by atoms with Crippen molar-refractivity contribution in [3.63, 3.8) is 0 Å². The van der Waals surface area contributed by atoms with Gasteiger partial charge in [-0.3, -0.25) is 0 Å². The number of nitrogens with zero attached hydrogens (tertiary/aromatic N) is 1. The maximum absolute atomic E-state index is 11.0. The first-order valence-corrected chi connectivity index (χ1v) is 5.43. The number of likely N-dealkylation sites (N-methyl/N-ethyl adjacent to an activating group) is 1. The number of ether oxygens (including phenoxy) is 1. The second kappa shape index (κ2) is 3.69. The summed E-state index contributed by atoms with van der Waals surface area (Å²) in [5.74, 6) is 0. The van der Waals surface area contributed by atoms with E-state index in [1.165, 1.54) is 4.31 Å². The molecule has 0 spiro atoms. The van der Waals surface area contributed by atoms with Crippen LogP contribution < -0.4 is 5.14 Å². The van der Waals surface area contributed by atoms with Crippen LogP contribution in [0.2, 0.25) is 0 Å². The molecule has 0 aromatic rings. The summed E-state index contributed by atoms with van der Waals surface area (Å²) in [6.45, 7) is 3.26. The standard InChI is InChI=1S/C6H14N2O3S/c1-2-8(12(7,9)10)6-3-4-11-5-6/h6H,2-5H2,1H3,(H2,7,9,10). The van der Waals surface area contributed by atoms with Gasteiger partial charge in [-0.2, -0.15) is 12.7 Å². The van der Waals surface area contributed by atoms with Crippen molar-refractivity contribution in [1.29, 1.82) is 0 Å². The van der Waals surface area contributed by atoms with E-state index in [0.717, 1.165) is 6.42 Å². The van der Waals surface area contributed by atoms with E-state index >= 15 is 0 Å². The van der Waals surface area contributed by atoms with Crippen LogP contribution in [0.3, 0.4) is 0 Å². The third kappa shape index (κ3) is 2.16. The Morgan fingerprint density at radius 2 is 2.33 bits per heavy atom. The normalized spacial score (nSPS) is 25.1. The van der Waals surface area contributed by atoms with Crippen LogP contribution in [0.4, 0.5) is 0 Å². The molecular formula is C6H14N2O3S. The monoisotopic (exact) mass is 194 g/mol. The lowest BCUT2D eigenvalue weighted by molar-refractivity contribution is 0.177. The zero-order chi connectivity index (χ0) is 9.19. The van der Waals surface area contributed by atoms with Crippen molar-refractivity contribution in [2.75, 3.05) is 19.8 Å². The van der Waals surface area contributed by atoms with Gasteiger partial charge in [-0.25, -0.2) is 5.14 Å². The summed E-state index contributed by atoms with van der Waals surface area (Å²) in [4.78, 5) is 0. The fourth-order valence-electron chi connectivity index (χ4n) is 1.40. The quantitative estimate of drug-likeness (QED) is 0.645. The van der Waals surface area contributed by atoms with Crippen LogP contribution in [-0.2, 0) is 14.9 Å². The Hall–Kier alpha value is -0.170. The Labute approximate surface area is 72.7 Å². The molecule has 1 rings (SSSR count). The van der Waals surface area contributed by atoms with Crippen molar-refractivity contribution in [2.45, 2.75) is 19.4 Å². The van der Waals surface area contributed by atoms with Crippen molar-refractivity contribution >= 4 is 10.2 Å². The first kappa shape index (κ1) is 9.91. The van der Waals surface area contributed by atoms with E-state index in [1.807, 2.05) is 0 Å². The van der Waals surface area contributed by atoms with Crippen molar-refractivity contribution in [2.24, 2.45) is 5.14 Å². The van der Waals surface area contributed by atoms with Crippen LogP contribution in [0.15, 0.2) is 0 Å². The van der Waals surface area contributed by atoms with Gasteiger partial charge in [-0.15, -0.1) is 0 Å². The molecule has 6 heteroatoms. The van der Waals surface area contributed by atoms with Crippen LogP contribution in [-0.4, -0.2) is 38.5 Å². The lowest BCUT2D eigenvalue weighted by Gasteiger charge is -2.22. The minimum atomic E-state index is -3.55. The molecule has 1 aliphatic rings. The molecule has 1 fully saturated rings. The fraction of sp³-hybridized carbons (Fsp3) is 1.00. The average molecular weight is 194 g/mol. The molecule has 1 atom stereocenters. The van der Waals surface area contributed by atoms with Gasteiger partial charge in [0.2, 0.25) is 0 Å². The third-order valence-corrected chi connectivity index (χ3v) is 3.16. The zero-order valence-corrected chi connectivity index (χ0v) is 7.88. The molecule has 5 nitrogen and oxygen atoms in total. The van der Waals surface area contributed by atoms with Crippen LogP contribution in [0, 0.1) is 0 Å². The molecule has 1 unspecified atom stereocenters. The molecule has 0 amide bonds. The molecule has 0 bridgehead atoms. The van der Waals surface area contributed by atoms with Gasteiger partial charge < -0.3 is 4.74 Å². The van der Waals surface area contributed by atoms with Gasteiger partial charge in [0.1, 0.15) is 0 Å². The number of rotatable bonds is 3. The van der Waals surface area contributed by atoms with Crippen LogP contribution in [0.25, 0.3) is 0 Å². The lowest BCUT2D eigenvalue weighted by Crippen LogP contribution is -2.44. The summed E-state index contributed by atoms with van der Waals surface area (Å²) in [5, 5.41) is 5.01. The van der Waals surface area contributed by atoms with Gasteiger partial charge in [-0.05, 0) is 6.42 Å². The molecule has 0 aliphatic carbocycles. The second-order valence-electron chi connectivity index (χ2n) is 2.77. The second-order valence-corrected chi connectivity index (χ2v) is 4.26. The summed E-state index contributed by atoms with van der Waals surface area (Å²) in [6.07, 6.45) is 0.740. The summed E-state index contributed by atoms with van der Waals surface area (Å²) in [6, 6.07) is -0.0648. The highest BCUT2D eigenvalue weighted by Gasteiger charge is 2.28. The molecular weight excluding hydrogens is 180 g/mol. The highest BCUT2D eigenvalue weighted by atomic mass is 32.2. The van der Waals surface area contributed by atoms with Crippen LogP contribution >= 0.6 is 0 Å². The summed E-state index contributed by atoms with van der Waals surface area (Å²) < 4.78 is 28.3. The Kier molecular flexibility index (Phi) is 3.05. The maximum atomic E-state index is 11.0. The maximum Gasteiger partial charge on any atom is 0.277 e. The van der Waals surface area contributed by atoms with Crippen molar-refractivity contribution < 1.29 is 13.2 Å². The number of hydrogen-bond acceptors (Lipinski definition) is 3. The van der Waals surface area contributed by atoms with Gasteiger partial charge in [0.15, 0.2) is 0 Å². The fourth-order valence-corrected chi connectivity index (χ4v) is 2.34. The predicted molar refractivity (Wildman–Crippen MR) is 44.7 cm³/mol. The Balaban J connectivity index is 2.68. The average Bonchev–Trinajstić information content (AvgIpc) is 2.38. The van der Waals surface area contributed by atoms with Crippen molar-refractivity contribution in [3.05, 3.63) is 0 Å². The summed E-state index contributed by atoms with van der Waals surface area (Å²) >= 11 is 0. The van der Waals surface area contributed by atoms with E-state index in [4.69, 9.17) is 9.88 Å². The Morgan fingerprint density at radius 1 is 1.67 bits per heavy atom. The first-order chi connectivity index (χ1) is 5.55. The molecule has 1 aliphatic heterocycles. The third-order valence-electron chi connectivity index (χ3n) is 1.95. The molecule has 1 heterocycles. The van der Waals surface area contributed by atoms with E-state index in [-0.39, 0.29) is 6.04 Å². The predicted octanol–water partition coefficient (Wildman–Crippen LogP) is -0.699. The van der Waals surface area contributed by atoms with Crippen LogP contribution in [0.1, 0.15) is 13.3 Å². The first-order valence-electron chi connectivity index (χ1n) is 3.93. The molecule has 0 radical (unpaired) electrons.